The summed E-state index contributed by atoms with van der Waals surface area (Å²) in [6.07, 6.45) is 1.99. The molecule has 0 saturated heterocycles. The number of amides is 2. The summed E-state index contributed by atoms with van der Waals surface area (Å²) >= 11 is 16.3. The number of nitrogens with zero attached hydrogens (tertiary/aromatic N) is 2. The number of anilines is 1. The van der Waals surface area contributed by atoms with Crippen molar-refractivity contribution < 1.29 is 18.0 Å². The number of nitrogens with one attached hydrogen (secondary N) is 1. The summed E-state index contributed by atoms with van der Waals surface area (Å²) in [4.78, 5) is 28.7. The molecule has 2 amide bonds. The Morgan fingerprint density at radius 2 is 1.55 bits per heavy atom. The van der Waals surface area contributed by atoms with Crippen molar-refractivity contribution in [1.29, 1.82) is 0 Å². The van der Waals surface area contributed by atoms with E-state index in [1.54, 1.807) is 67.6 Å². The molecular weight excluding hydrogens is 637 g/mol. The summed E-state index contributed by atoms with van der Waals surface area (Å²) in [5.41, 5.74) is 0.775. The molecule has 214 valence electrons. The highest BCUT2D eigenvalue weighted by molar-refractivity contribution is 9.10. The summed E-state index contributed by atoms with van der Waals surface area (Å²) in [6.45, 7) is 3.67. The smallest absolute Gasteiger partial charge is 0.264 e. The molecule has 0 radical (unpaired) electrons. The van der Waals surface area contributed by atoms with E-state index in [1.807, 2.05) is 6.92 Å². The Morgan fingerprint density at radius 3 is 2.12 bits per heavy atom. The topological polar surface area (TPSA) is 86.8 Å². The van der Waals surface area contributed by atoms with Crippen LogP contribution in [0.5, 0.6) is 0 Å². The highest BCUT2D eigenvalue weighted by Gasteiger charge is 2.34. The van der Waals surface area contributed by atoms with Gasteiger partial charge in [0.2, 0.25) is 11.8 Å². The minimum absolute atomic E-state index is 0.0377. The van der Waals surface area contributed by atoms with Crippen LogP contribution >= 0.6 is 39.1 Å². The molecule has 7 nitrogen and oxygen atoms in total. The average Bonchev–Trinajstić information content (AvgIpc) is 2.94. The monoisotopic (exact) mass is 667 g/mol. The van der Waals surface area contributed by atoms with Gasteiger partial charge in [-0.1, -0.05) is 83.7 Å². The van der Waals surface area contributed by atoms with E-state index in [0.717, 1.165) is 21.6 Å². The van der Waals surface area contributed by atoms with Crippen LogP contribution in [0.3, 0.4) is 0 Å². The molecule has 0 heterocycles. The summed E-state index contributed by atoms with van der Waals surface area (Å²) < 4.78 is 29.4. The maximum Gasteiger partial charge on any atom is 0.264 e. The first-order valence-electron chi connectivity index (χ1n) is 12.9. The summed E-state index contributed by atoms with van der Waals surface area (Å²) in [5.74, 6) is -0.899. The van der Waals surface area contributed by atoms with Crippen LogP contribution < -0.4 is 9.62 Å². The highest BCUT2D eigenvalue weighted by Crippen LogP contribution is 2.29. The maximum absolute atomic E-state index is 14.1. The van der Waals surface area contributed by atoms with Crippen LogP contribution in [0, 0.1) is 0 Å². The number of hydrogen-bond acceptors (Lipinski definition) is 4. The van der Waals surface area contributed by atoms with Crippen molar-refractivity contribution in [3.8, 4) is 0 Å². The lowest BCUT2D eigenvalue weighted by atomic mass is 10.1. The molecule has 3 aromatic carbocycles. The third-order valence-electron chi connectivity index (χ3n) is 6.33. The van der Waals surface area contributed by atoms with Crippen LogP contribution in [0.2, 0.25) is 10.0 Å². The van der Waals surface area contributed by atoms with Crippen LogP contribution in [0.25, 0.3) is 0 Å². The molecule has 0 unspecified atom stereocenters. The van der Waals surface area contributed by atoms with Gasteiger partial charge in [0.05, 0.1) is 10.6 Å². The van der Waals surface area contributed by atoms with Gasteiger partial charge in [0, 0.05) is 33.2 Å². The third kappa shape index (κ3) is 8.00. The molecule has 0 bridgehead atoms. The van der Waals surface area contributed by atoms with Crippen LogP contribution in [0.1, 0.15) is 38.7 Å². The predicted octanol–water partition coefficient (Wildman–Crippen LogP) is 6.67. The van der Waals surface area contributed by atoms with Gasteiger partial charge in [-0.3, -0.25) is 13.9 Å². The standard InChI is InChI=1S/C29H32BrCl2N3O4S/c1-3-5-18-33-29(37)27(4-2)34(19-24-25(31)12-9-13-26(24)32)28(36)20-35(22-16-14-21(30)15-17-22)40(38,39)23-10-7-6-8-11-23/h6-17,27H,3-5,18-20H2,1-2H3,(H,33,37)/t27-/m1/s1. The Hall–Kier alpha value is -2.59. The van der Waals surface area contributed by atoms with E-state index in [1.165, 1.54) is 17.0 Å². The first-order valence-corrected chi connectivity index (χ1v) is 15.9. The molecule has 0 aromatic heterocycles. The Balaban J connectivity index is 2.06. The largest absolute Gasteiger partial charge is 0.354 e. The fourth-order valence-corrected chi connectivity index (χ4v) is 6.35. The lowest BCUT2D eigenvalue weighted by Gasteiger charge is -2.33. The van der Waals surface area contributed by atoms with Crippen molar-refractivity contribution in [3.63, 3.8) is 0 Å². The van der Waals surface area contributed by atoms with E-state index in [-0.39, 0.29) is 17.3 Å². The zero-order valence-corrected chi connectivity index (χ0v) is 26.2. The summed E-state index contributed by atoms with van der Waals surface area (Å²) in [6, 6.07) is 18.7. The molecule has 0 saturated carbocycles. The van der Waals surface area contributed by atoms with E-state index >= 15 is 0 Å². The van der Waals surface area contributed by atoms with E-state index in [4.69, 9.17) is 23.2 Å². The van der Waals surface area contributed by atoms with Crippen molar-refractivity contribution in [3.05, 3.63) is 92.9 Å². The van der Waals surface area contributed by atoms with Crippen LogP contribution in [-0.2, 0) is 26.2 Å². The normalized spacial score (nSPS) is 12.0. The zero-order chi connectivity index (χ0) is 29.3. The molecule has 40 heavy (non-hydrogen) atoms. The molecule has 0 aliphatic rings. The van der Waals surface area contributed by atoms with Crippen molar-refractivity contribution in [1.82, 2.24) is 10.2 Å². The van der Waals surface area contributed by atoms with Crippen LogP contribution in [0.15, 0.2) is 82.2 Å². The fourth-order valence-electron chi connectivity index (χ4n) is 4.14. The SMILES string of the molecule is CCCCNC(=O)[C@@H](CC)N(Cc1c(Cl)cccc1Cl)C(=O)CN(c1ccc(Br)cc1)S(=O)(=O)c1ccccc1. The van der Waals surface area contributed by atoms with E-state index in [9.17, 15) is 18.0 Å². The van der Waals surface area contributed by atoms with Crippen molar-refractivity contribution in [2.45, 2.75) is 50.6 Å². The summed E-state index contributed by atoms with van der Waals surface area (Å²) in [5, 5.41) is 3.58. The molecule has 3 aromatic rings. The van der Waals surface area contributed by atoms with Crippen LogP contribution in [0.4, 0.5) is 5.69 Å². The van der Waals surface area contributed by atoms with Gasteiger partial charge in [0.15, 0.2) is 0 Å². The average molecular weight is 669 g/mol. The minimum atomic E-state index is -4.14. The molecule has 0 spiro atoms. The molecular formula is C29H32BrCl2N3O4S. The minimum Gasteiger partial charge on any atom is -0.354 e. The van der Waals surface area contributed by atoms with Gasteiger partial charge in [-0.25, -0.2) is 8.42 Å². The number of unbranched alkanes of at least 4 members (excludes halogenated alkanes) is 1. The van der Waals surface area contributed by atoms with Crippen molar-refractivity contribution >= 4 is 66.7 Å². The zero-order valence-electron chi connectivity index (χ0n) is 22.3. The third-order valence-corrected chi connectivity index (χ3v) is 9.36. The molecule has 0 fully saturated rings. The van der Waals surface area contributed by atoms with Gasteiger partial charge >= 0.3 is 0 Å². The number of sulfonamides is 1. The second-order valence-electron chi connectivity index (χ2n) is 9.09. The Bertz CT molecular complexity index is 1390. The molecule has 1 atom stereocenters. The lowest BCUT2D eigenvalue weighted by Crippen LogP contribution is -2.52. The molecule has 11 heteroatoms. The van der Waals surface area contributed by atoms with Gasteiger partial charge in [-0.05, 0) is 61.4 Å². The van der Waals surface area contributed by atoms with E-state index < -0.39 is 28.5 Å². The van der Waals surface area contributed by atoms with Gasteiger partial charge in [-0.2, -0.15) is 0 Å². The predicted molar refractivity (Wildman–Crippen MR) is 164 cm³/mol. The van der Waals surface area contributed by atoms with Gasteiger partial charge in [0.1, 0.15) is 12.6 Å². The number of carbonyl (C=O) groups is 2. The number of hydrogen-bond donors (Lipinski definition) is 1. The maximum atomic E-state index is 14.1. The first-order chi connectivity index (χ1) is 19.1. The number of rotatable bonds is 13. The molecule has 0 aliphatic heterocycles. The Morgan fingerprint density at radius 1 is 0.925 bits per heavy atom. The van der Waals surface area contributed by atoms with Crippen molar-refractivity contribution in [2.75, 3.05) is 17.4 Å². The Kier molecular flexibility index (Phi) is 11.9. The summed E-state index contributed by atoms with van der Waals surface area (Å²) in [7, 11) is -4.14. The van der Waals surface area contributed by atoms with E-state index in [0.29, 0.717) is 34.3 Å². The van der Waals surface area contributed by atoms with Gasteiger partial charge < -0.3 is 10.2 Å². The van der Waals surface area contributed by atoms with E-state index in [2.05, 4.69) is 21.2 Å². The Labute approximate surface area is 254 Å². The molecule has 0 aliphatic carbocycles. The highest BCUT2D eigenvalue weighted by atomic mass is 79.9. The first kappa shape index (κ1) is 31.9. The lowest BCUT2D eigenvalue weighted by molar-refractivity contribution is -0.140. The quantitative estimate of drug-likeness (QED) is 0.206. The van der Waals surface area contributed by atoms with Gasteiger partial charge in [0.25, 0.3) is 10.0 Å². The number of carbonyl (C=O) groups excluding carboxylic acids is 2. The second-order valence-corrected chi connectivity index (χ2v) is 12.7. The molecule has 3 rings (SSSR count). The number of benzene rings is 3. The molecule has 1 N–H and O–H groups in total. The number of halogens is 3. The van der Waals surface area contributed by atoms with Gasteiger partial charge in [-0.15, -0.1) is 0 Å². The second kappa shape index (κ2) is 14.9. The van der Waals surface area contributed by atoms with Crippen LogP contribution in [-0.4, -0.2) is 44.3 Å². The van der Waals surface area contributed by atoms with Crippen molar-refractivity contribution in [2.24, 2.45) is 0 Å². The fraction of sp³-hybridized carbons (Fsp3) is 0.310.